The first-order valence-electron chi connectivity index (χ1n) is 13.9. The minimum Gasteiger partial charge on any atom is -0.456 e. The molecule has 0 aliphatic rings. The highest BCUT2D eigenvalue weighted by Gasteiger charge is 2.21. The molecule has 6 aromatic carbocycles. The summed E-state index contributed by atoms with van der Waals surface area (Å²) in [5, 5.41) is 4.53. The molecule has 9 rings (SSSR count). The second-order valence-electron chi connectivity index (χ2n) is 10.5. The highest BCUT2D eigenvalue weighted by molar-refractivity contribution is 6.20. The highest BCUT2D eigenvalue weighted by Crippen LogP contribution is 2.43. The van der Waals surface area contributed by atoms with Crippen LogP contribution < -0.4 is 0 Å². The molecule has 0 unspecified atom stereocenters. The monoisotopic (exact) mass is 525 g/mol. The van der Waals surface area contributed by atoms with Crippen molar-refractivity contribution in [1.29, 1.82) is 0 Å². The molecule has 0 fully saturated rings. The molecule has 9 aromatic rings. The van der Waals surface area contributed by atoms with Crippen LogP contribution in [0.25, 0.3) is 82.9 Å². The van der Waals surface area contributed by atoms with Crippen LogP contribution in [0, 0.1) is 0 Å². The van der Waals surface area contributed by atoms with Crippen molar-refractivity contribution in [3.05, 3.63) is 140 Å². The zero-order valence-corrected chi connectivity index (χ0v) is 22.0. The summed E-state index contributed by atoms with van der Waals surface area (Å²) in [6.45, 7) is 0. The van der Waals surface area contributed by atoms with E-state index in [2.05, 4.69) is 132 Å². The molecule has 0 atom stereocenters. The maximum Gasteiger partial charge on any atom is 0.161 e. The average molecular weight is 526 g/mol. The number of rotatable bonds is 3. The van der Waals surface area contributed by atoms with Gasteiger partial charge in [-0.2, -0.15) is 0 Å². The Kier molecular flexibility index (Phi) is 4.61. The van der Waals surface area contributed by atoms with Crippen molar-refractivity contribution in [1.82, 2.24) is 4.57 Å². The topological polar surface area (TPSA) is 31.2 Å². The Hall–Kier alpha value is -5.54. The van der Waals surface area contributed by atoms with Crippen LogP contribution in [-0.2, 0) is 0 Å². The Morgan fingerprint density at radius 1 is 0.439 bits per heavy atom. The standard InChI is InChI=1S/C38H23NO2/c1-2-9-27(10-3-1)39-32-14-6-4-12-31(32)38-37(39)36-28(13-8-16-34(36)41-38)25-19-17-24(18-20-25)26-21-22-30-29-11-5-7-15-33(29)40-35(30)23-26/h1-23H. The van der Waals surface area contributed by atoms with E-state index < -0.39 is 0 Å². The molecule has 3 heteroatoms. The first-order chi connectivity index (χ1) is 20.3. The summed E-state index contributed by atoms with van der Waals surface area (Å²) in [5.74, 6) is 0. The molecule has 3 heterocycles. The van der Waals surface area contributed by atoms with Crippen molar-refractivity contribution in [3.63, 3.8) is 0 Å². The van der Waals surface area contributed by atoms with Crippen LogP contribution in [-0.4, -0.2) is 4.57 Å². The summed E-state index contributed by atoms with van der Waals surface area (Å²) in [6.07, 6.45) is 0. The number of benzene rings is 6. The van der Waals surface area contributed by atoms with Crippen molar-refractivity contribution < 1.29 is 8.83 Å². The molecule has 0 aliphatic carbocycles. The summed E-state index contributed by atoms with van der Waals surface area (Å²) in [7, 11) is 0. The first kappa shape index (κ1) is 22.3. The van der Waals surface area contributed by atoms with Crippen LogP contribution in [0.1, 0.15) is 0 Å². The van der Waals surface area contributed by atoms with Crippen LogP contribution in [0.5, 0.6) is 0 Å². The molecule has 0 bridgehead atoms. The molecule has 0 amide bonds. The van der Waals surface area contributed by atoms with Crippen molar-refractivity contribution in [2.24, 2.45) is 0 Å². The number of aromatic nitrogens is 1. The summed E-state index contributed by atoms with van der Waals surface area (Å²) in [6, 6.07) is 48.8. The Morgan fingerprint density at radius 3 is 2.00 bits per heavy atom. The number of hydrogen-bond donors (Lipinski definition) is 0. The molecule has 0 radical (unpaired) electrons. The quantitative estimate of drug-likeness (QED) is 0.230. The van der Waals surface area contributed by atoms with E-state index in [1.54, 1.807) is 0 Å². The van der Waals surface area contributed by atoms with Gasteiger partial charge in [0.15, 0.2) is 5.58 Å². The summed E-state index contributed by atoms with van der Waals surface area (Å²) in [4.78, 5) is 0. The first-order valence-corrected chi connectivity index (χ1v) is 13.9. The molecule has 192 valence electrons. The van der Waals surface area contributed by atoms with E-state index in [0.717, 1.165) is 82.9 Å². The van der Waals surface area contributed by atoms with Crippen LogP contribution in [0.2, 0.25) is 0 Å². The predicted octanol–water partition coefficient (Wildman–Crippen LogP) is 10.8. The van der Waals surface area contributed by atoms with E-state index in [-0.39, 0.29) is 0 Å². The molecule has 0 saturated carbocycles. The van der Waals surface area contributed by atoms with E-state index in [0.29, 0.717) is 0 Å². The summed E-state index contributed by atoms with van der Waals surface area (Å²) < 4.78 is 15.0. The van der Waals surface area contributed by atoms with Gasteiger partial charge in [-0.1, -0.05) is 91.0 Å². The van der Waals surface area contributed by atoms with E-state index in [9.17, 15) is 0 Å². The van der Waals surface area contributed by atoms with Gasteiger partial charge in [-0.3, -0.25) is 0 Å². The third-order valence-corrected chi connectivity index (χ3v) is 8.23. The minimum absolute atomic E-state index is 0.891. The molecular formula is C38H23NO2. The van der Waals surface area contributed by atoms with Gasteiger partial charge in [-0.25, -0.2) is 0 Å². The van der Waals surface area contributed by atoms with Crippen molar-refractivity contribution in [2.75, 3.05) is 0 Å². The molecule has 3 nitrogen and oxygen atoms in total. The van der Waals surface area contributed by atoms with E-state index in [1.807, 2.05) is 12.1 Å². The van der Waals surface area contributed by atoms with Gasteiger partial charge in [0, 0.05) is 21.8 Å². The number of hydrogen-bond acceptors (Lipinski definition) is 2. The normalized spacial score (nSPS) is 11.9. The zero-order chi connectivity index (χ0) is 26.9. The van der Waals surface area contributed by atoms with Gasteiger partial charge < -0.3 is 13.4 Å². The molecule has 0 spiro atoms. The fourth-order valence-corrected chi connectivity index (χ4v) is 6.34. The van der Waals surface area contributed by atoms with Gasteiger partial charge in [0.05, 0.1) is 10.9 Å². The third kappa shape index (κ3) is 3.26. The van der Waals surface area contributed by atoms with Gasteiger partial charge in [0.25, 0.3) is 0 Å². The van der Waals surface area contributed by atoms with E-state index >= 15 is 0 Å². The van der Waals surface area contributed by atoms with Crippen LogP contribution in [0.15, 0.2) is 148 Å². The van der Waals surface area contributed by atoms with Crippen molar-refractivity contribution in [3.8, 4) is 27.9 Å². The Bertz CT molecular complexity index is 2400. The zero-order valence-electron chi connectivity index (χ0n) is 22.0. The van der Waals surface area contributed by atoms with E-state index in [1.165, 1.54) is 0 Å². The summed E-state index contributed by atoms with van der Waals surface area (Å²) in [5.41, 5.74) is 11.6. The van der Waals surface area contributed by atoms with Gasteiger partial charge in [0.1, 0.15) is 22.3 Å². The molecule has 0 saturated heterocycles. The fourth-order valence-electron chi connectivity index (χ4n) is 6.34. The van der Waals surface area contributed by atoms with Gasteiger partial charge >= 0.3 is 0 Å². The minimum atomic E-state index is 0.891. The SMILES string of the molecule is c1ccc(-n2c3ccccc3c3oc4cccc(-c5ccc(-c6ccc7c(c6)oc6ccccc67)cc5)c4c32)cc1. The number of furan rings is 2. The lowest BCUT2D eigenvalue weighted by atomic mass is 9.97. The van der Waals surface area contributed by atoms with Crippen LogP contribution >= 0.6 is 0 Å². The number of para-hydroxylation sites is 3. The summed E-state index contributed by atoms with van der Waals surface area (Å²) >= 11 is 0. The maximum absolute atomic E-state index is 6.56. The largest absolute Gasteiger partial charge is 0.456 e. The second-order valence-corrected chi connectivity index (χ2v) is 10.5. The molecule has 0 aliphatic heterocycles. The van der Waals surface area contributed by atoms with Crippen molar-refractivity contribution >= 4 is 54.9 Å². The van der Waals surface area contributed by atoms with Gasteiger partial charge in [-0.05, 0) is 70.8 Å². The van der Waals surface area contributed by atoms with Crippen LogP contribution in [0.3, 0.4) is 0 Å². The Labute approximate surface area is 235 Å². The Balaban J connectivity index is 1.22. The molecule has 0 N–H and O–H groups in total. The lowest BCUT2D eigenvalue weighted by molar-refractivity contribution is 0.669. The van der Waals surface area contributed by atoms with E-state index in [4.69, 9.17) is 8.83 Å². The molecule has 41 heavy (non-hydrogen) atoms. The average Bonchev–Trinajstić information content (AvgIpc) is 3.70. The lowest BCUT2D eigenvalue weighted by Gasteiger charge is -2.10. The molecular weight excluding hydrogens is 502 g/mol. The van der Waals surface area contributed by atoms with Crippen molar-refractivity contribution in [2.45, 2.75) is 0 Å². The number of fused-ring (bicyclic) bond motifs is 8. The molecule has 3 aromatic heterocycles. The smallest absolute Gasteiger partial charge is 0.161 e. The second kappa shape index (κ2) is 8.48. The number of nitrogens with zero attached hydrogens (tertiary/aromatic N) is 1. The predicted molar refractivity (Wildman–Crippen MR) is 169 cm³/mol. The maximum atomic E-state index is 6.56. The van der Waals surface area contributed by atoms with Gasteiger partial charge in [-0.15, -0.1) is 0 Å². The van der Waals surface area contributed by atoms with Gasteiger partial charge in [0.2, 0.25) is 0 Å². The third-order valence-electron chi connectivity index (χ3n) is 8.23. The van der Waals surface area contributed by atoms with Crippen LogP contribution in [0.4, 0.5) is 0 Å². The lowest BCUT2D eigenvalue weighted by Crippen LogP contribution is -1.93. The highest BCUT2D eigenvalue weighted by atomic mass is 16.3. The Morgan fingerprint density at radius 2 is 1.12 bits per heavy atom. The fraction of sp³-hybridized carbons (Fsp3) is 0.